The fourth-order valence-corrected chi connectivity index (χ4v) is 2.80. The molecule has 0 aromatic heterocycles. The van der Waals surface area contributed by atoms with Gasteiger partial charge in [0.25, 0.3) is 0 Å². The summed E-state index contributed by atoms with van der Waals surface area (Å²) >= 11 is 0. The van der Waals surface area contributed by atoms with Crippen LogP contribution in [-0.2, 0) is 17.8 Å². The lowest BCUT2D eigenvalue weighted by Gasteiger charge is -2.20. The molecular weight excluding hydrogens is 296 g/mol. The number of carbonyl (C=O) groups is 1. The highest BCUT2D eigenvalue weighted by Crippen LogP contribution is 2.09. The van der Waals surface area contributed by atoms with E-state index in [2.05, 4.69) is 60.5 Å². The number of benzene rings is 2. The quantitative estimate of drug-likeness (QED) is 0.805. The fourth-order valence-electron chi connectivity index (χ4n) is 2.80. The third-order valence-corrected chi connectivity index (χ3v) is 4.23. The van der Waals surface area contributed by atoms with Crippen LogP contribution >= 0.6 is 0 Å². The highest BCUT2D eigenvalue weighted by Gasteiger charge is 2.11. The molecule has 2 aromatic rings. The Labute approximate surface area is 145 Å². The zero-order chi connectivity index (χ0) is 17.4. The van der Waals surface area contributed by atoms with Crippen molar-refractivity contribution in [2.75, 3.05) is 13.6 Å². The number of carbonyl (C=O) groups excluding carboxylic acids is 1. The van der Waals surface area contributed by atoms with Crippen molar-refractivity contribution in [1.29, 1.82) is 0 Å². The Hall–Kier alpha value is -2.13. The maximum atomic E-state index is 12.2. The molecule has 0 aliphatic carbocycles. The number of amides is 1. The SMILES string of the molecule is Cc1ccccc1CN(C)CC(=O)N[C@H](C)CCc1ccccc1. The Balaban J connectivity index is 1.72. The van der Waals surface area contributed by atoms with E-state index in [9.17, 15) is 4.79 Å². The Morgan fingerprint density at radius 3 is 2.46 bits per heavy atom. The van der Waals surface area contributed by atoms with E-state index in [-0.39, 0.29) is 11.9 Å². The summed E-state index contributed by atoms with van der Waals surface area (Å²) in [5.74, 6) is 0.0895. The Morgan fingerprint density at radius 1 is 1.08 bits per heavy atom. The maximum Gasteiger partial charge on any atom is 0.234 e. The summed E-state index contributed by atoms with van der Waals surface area (Å²) in [4.78, 5) is 14.3. The molecule has 0 unspecified atom stereocenters. The number of likely N-dealkylation sites (N-methyl/N-ethyl adjacent to an activating group) is 1. The minimum absolute atomic E-state index is 0.0895. The van der Waals surface area contributed by atoms with E-state index in [1.54, 1.807) is 0 Å². The normalized spacial score (nSPS) is 12.2. The minimum Gasteiger partial charge on any atom is -0.353 e. The van der Waals surface area contributed by atoms with E-state index in [0.29, 0.717) is 6.54 Å². The monoisotopic (exact) mass is 324 g/mol. The molecule has 2 rings (SSSR count). The Morgan fingerprint density at radius 2 is 1.75 bits per heavy atom. The molecule has 0 saturated heterocycles. The second-order valence-electron chi connectivity index (χ2n) is 6.59. The molecular formula is C21H28N2O. The lowest BCUT2D eigenvalue weighted by molar-refractivity contribution is -0.122. The molecule has 0 heterocycles. The summed E-state index contributed by atoms with van der Waals surface area (Å²) in [7, 11) is 1.99. The standard InChI is InChI=1S/C21H28N2O/c1-17-9-7-8-12-20(17)15-23(3)16-21(24)22-18(2)13-14-19-10-5-4-6-11-19/h4-12,18H,13-16H2,1-3H3,(H,22,24)/t18-/m1/s1. The zero-order valence-electron chi connectivity index (χ0n) is 15.0. The molecule has 0 fully saturated rings. The van der Waals surface area contributed by atoms with Crippen LogP contribution in [0.3, 0.4) is 0 Å². The molecule has 128 valence electrons. The van der Waals surface area contributed by atoms with Gasteiger partial charge in [-0.3, -0.25) is 9.69 Å². The highest BCUT2D eigenvalue weighted by molar-refractivity contribution is 5.78. The van der Waals surface area contributed by atoms with Gasteiger partial charge in [-0.25, -0.2) is 0 Å². The van der Waals surface area contributed by atoms with Gasteiger partial charge in [-0.2, -0.15) is 0 Å². The third-order valence-electron chi connectivity index (χ3n) is 4.23. The molecule has 0 aliphatic rings. The van der Waals surface area contributed by atoms with E-state index in [0.717, 1.165) is 19.4 Å². The van der Waals surface area contributed by atoms with Crippen LogP contribution in [0.5, 0.6) is 0 Å². The molecule has 0 aliphatic heterocycles. The van der Waals surface area contributed by atoms with Crippen molar-refractivity contribution in [2.45, 2.75) is 39.3 Å². The lowest BCUT2D eigenvalue weighted by atomic mass is 10.1. The summed E-state index contributed by atoms with van der Waals surface area (Å²) in [6.07, 6.45) is 1.94. The second-order valence-corrected chi connectivity index (χ2v) is 6.59. The zero-order valence-corrected chi connectivity index (χ0v) is 15.0. The minimum atomic E-state index is 0.0895. The summed E-state index contributed by atoms with van der Waals surface area (Å²) < 4.78 is 0. The first-order valence-corrected chi connectivity index (χ1v) is 8.61. The van der Waals surface area contributed by atoms with Crippen LogP contribution in [0, 0.1) is 6.92 Å². The molecule has 0 radical (unpaired) electrons. The van der Waals surface area contributed by atoms with Crippen molar-refractivity contribution in [3.05, 3.63) is 71.3 Å². The van der Waals surface area contributed by atoms with Crippen LogP contribution in [0.4, 0.5) is 0 Å². The van der Waals surface area contributed by atoms with Gasteiger partial charge in [0.15, 0.2) is 0 Å². The van der Waals surface area contributed by atoms with Crippen molar-refractivity contribution >= 4 is 5.91 Å². The van der Waals surface area contributed by atoms with Gasteiger partial charge in [-0.15, -0.1) is 0 Å². The Bertz CT molecular complexity index is 639. The molecule has 3 heteroatoms. The lowest BCUT2D eigenvalue weighted by Crippen LogP contribution is -2.39. The summed E-state index contributed by atoms with van der Waals surface area (Å²) in [6.45, 7) is 5.39. The fraction of sp³-hybridized carbons (Fsp3) is 0.381. The summed E-state index contributed by atoms with van der Waals surface area (Å²) in [5, 5.41) is 3.10. The topological polar surface area (TPSA) is 32.3 Å². The van der Waals surface area contributed by atoms with Crippen LogP contribution in [0.15, 0.2) is 54.6 Å². The summed E-state index contributed by atoms with van der Waals surface area (Å²) in [5.41, 5.74) is 3.85. The van der Waals surface area contributed by atoms with Crippen molar-refractivity contribution < 1.29 is 4.79 Å². The number of hydrogen-bond donors (Lipinski definition) is 1. The number of nitrogens with zero attached hydrogens (tertiary/aromatic N) is 1. The van der Waals surface area contributed by atoms with E-state index in [1.165, 1.54) is 16.7 Å². The molecule has 24 heavy (non-hydrogen) atoms. The molecule has 0 bridgehead atoms. The average Bonchev–Trinajstić information content (AvgIpc) is 2.56. The van der Waals surface area contributed by atoms with Crippen molar-refractivity contribution in [3.8, 4) is 0 Å². The van der Waals surface area contributed by atoms with Crippen LogP contribution in [0.25, 0.3) is 0 Å². The number of aryl methyl sites for hydroxylation is 2. The van der Waals surface area contributed by atoms with E-state index < -0.39 is 0 Å². The first-order valence-electron chi connectivity index (χ1n) is 8.61. The van der Waals surface area contributed by atoms with Gasteiger partial charge in [-0.1, -0.05) is 54.6 Å². The molecule has 1 N–H and O–H groups in total. The van der Waals surface area contributed by atoms with Gasteiger partial charge in [-0.05, 0) is 50.4 Å². The van der Waals surface area contributed by atoms with Crippen LogP contribution in [0.2, 0.25) is 0 Å². The predicted molar refractivity (Wildman–Crippen MR) is 99.9 cm³/mol. The number of nitrogens with one attached hydrogen (secondary N) is 1. The van der Waals surface area contributed by atoms with Crippen LogP contribution in [0.1, 0.15) is 30.0 Å². The van der Waals surface area contributed by atoms with Gasteiger partial charge >= 0.3 is 0 Å². The van der Waals surface area contributed by atoms with E-state index in [4.69, 9.17) is 0 Å². The average molecular weight is 324 g/mol. The number of hydrogen-bond acceptors (Lipinski definition) is 2. The third kappa shape index (κ3) is 6.17. The Kier molecular flexibility index (Phi) is 7.01. The smallest absolute Gasteiger partial charge is 0.234 e. The van der Waals surface area contributed by atoms with Gasteiger partial charge < -0.3 is 5.32 Å². The molecule has 1 amide bonds. The van der Waals surface area contributed by atoms with Gasteiger partial charge in [0.2, 0.25) is 5.91 Å². The first kappa shape index (κ1) is 18.2. The van der Waals surface area contributed by atoms with E-state index in [1.807, 2.05) is 25.2 Å². The van der Waals surface area contributed by atoms with Crippen LogP contribution < -0.4 is 5.32 Å². The van der Waals surface area contributed by atoms with Crippen LogP contribution in [-0.4, -0.2) is 30.4 Å². The molecule has 0 spiro atoms. The molecule has 0 saturated carbocycles. The molecule has 1 atom stereocenters. The molecule has 2 aromatic carbocycles. The van der Waals surface area contributed by atoms with E-state index >= 15 is 0 Å². The maximum absolute atomic E-state index is 12.2. The van der Waals surface area contributed by atoms with Gasteiger partial charge in [0, 0.05) is 12.6 Å². The van der Waals surface area contributed by atoms with Crippen molar-refractivity contribution in [3.63, 3.8) is 0 Å². The predicted octanol–water partition coefficient (Wildman–Crippen LogP) is 3.56. The molecule has 3 nitrogen and oxygen atoms in total. The van der Waals surface area contributed by atoms with Gasteiger partial charge in [0.1, 0.15) is 0 Å². The van der Waals surface area contributed by atoms with Gasteiger partial charge in [0.05, 0.1) is 6.54 Å². The van der Waals surface area contributed by atoms with Crippen molar-refractivity contribution in [1.82, 2.24) is 10.2 Å². The number of rotatable bonds is 8. The summed E-state index contributed by atoms with van der Waals surface area (Å²) in [6, 6.07) is 18.9. The second kappa shape index (κ2) is 9.24. The van der Waals surface area contributed by atoms with Crippen molar-refractivity contribution in [2.24, 2.45) is 0 Å². The largest absolute Gasteiger partial charge is 0.353 e. The highest BCUT2D eigenvalue weighted by atomic mass is 16.2. The first-order chi connectivity index (χ1) is 11.5.